The fourth-order valence-electron chi connectivity index (χ4n) is 3.13. The molecule has 0 aliphatic carbocycles. The molecule has 0 fully saturated rings. The Labute approximate surface area is 157 Å². The van der Waals surface area contributed by atoms with Gasteiger partial charge in [0, 0.05) is 41.3 Å². The lowest BCUT2D eigenvalue weighted by molar-refractivity contribution is -0.385. The second kappa shape index (κ2) is 10.9. The second-order valence-electron chi connectivity index (χ2n) is 6.25. The van der Waals surface area contributed by atoms with E-state index < -0.39 is 16.3 Å². The molecule has 0 aliphatic rings. The number of benzene rings is 1. The van der Waals surface area contributed by atoms with Gasteiger partial charge < -0.3 is 4.74 Å². The van der Waals surface area contributed by atoms with Gasteiger partial charge in [0.15, 0.2) is 0 Å². The fourth-order valence-corrected chi connectivity index (χ4v) is 3.13. The summed E-state index contributed by atoms with van der Waals surface area (Å²) in [5.41, 5.74) is 7.83. The number of Topliss-reactive ketones (excluding diaryl/α,β-unsaturated/α-hetero) is 1. The van der Waals surface area contributed by atoms with Crippen molar-refractivity contribution in [3.05, 3.63) is 50.4 Å². The molecule has 0 spiro atoms. The molecule has 27 heavy (non-hydrogen) atoms. The molecule has 0 N–H and O–H groups in total. The van der Waals surface area contributed by atoms with Crippen LogP contribution in [-0.2, 0) is 20.7 Å². The third kappa shape index (κ3) is 6.38. The van der Waals surface area contributed by atoms with E-state index in [0.29, 0.717) is 24.8 Å². The number of nitrogens with zero attached hydrogens (tertiary/aromatic N) is 4. The van der Waals surface area contributed by atoms with E-state index in [9.17, 15) is 19.7 Å². The van der Waals surface area contributed by atoms with Gasteiger partial charge in [-0.05, 0) is 31.2 Å². The van der Waals surface area contributed by atoms with E-state index in [1.807, 2.05) is 6.92 Å². The quantitative estimate of drug-likeness (QED) is 0.103. The number of nitro groups is 1. The summed E-state index contributed by atoms with van der Waals surface area (Å²) in [5.74, 6) is -0.578. The maximum absolute atomic E-state index is 13.1. The van der Waals surface area contributed by atoms with Crippen LogP contribution in [0, 0.1) is 15.5 Å². The Morgan fingerprint density at radius 3 is 2.63 bits per heavy atom. The van der Waals surface area contributed by atoms with Gasteiger partial charge in [0.1, 0.15) is 5.78 Å². The van der Waals surface area contributed by atoms with Crippen molar-refractivity contribution in [3.8, 4) is 0 Å². The van der Waals surface area contributed by atoms with Gasteiger partial charge in [0.25, 0.3) is 5.69 Å². The first kappa shape index (κ1) is 22.1. The van der Waals surface area contributed by atoms with Crippen LogP contribution in [0.4, 0.5) is 5.69 Å². The van der Waals surface area contributed by atoms with Crippen molar-refractivity contribution < 1.29 is 19.2 Å². The molecule has 0 aromatic heterocycles. The maximum atomic E-state index is 13.1. The molecular formula is C18H24N4O5. The van der Waals surface area contributed by atoms with Crippen LogP contribution in [0.15, 0.2) is 29.4 Å². The topological polar surface area (TPSA) is 135 Å². The minimum atomic E-state index is -0.830. The standard InChI is InChI=1S/C18H24N4O5/c1-3-18(10-6-12-20-21-19,11-9-17(24)27-2)16(23)13-14-7-4-5-8-15(14)22(25)26/h4-5,7-8H,3,6,9-13H2,1-2H3/t18-/m1/s1. The highest BCUT2D eigenvalue weighted by molar-refractivity contribution is 5.88. The first-order chi connectivity index (χ1) is 12.9. The van der Waals surface area contributed by atoms with Gasteiger partial charge in [-0.25, -0.2) is 0 Å². The van der Waals surface area contributed by atoms with Crippen LogP contribution in [0.1, 0.15) is 44.6 Å². The summed E-state index contributed by atoms with van der Waals surface area (Å²) in [7, 11) is 1.28. The largest absolute Gasteiger partial charge is 0.469 e. The molecule has 0 heterocycles. The van der Waals surface area contributed by atoms with Gasteiger partial charge in [0.2, 0.25) is 0 Å². The summed E-state index contributed by atoms with van der Waals surface area (Å²) in [6.45, 7) is 2.09. The number of carbonyl (C=O) groups excluding carboxylic acids is 2. The average molecular weight is 376 g/mol. The van der Waals surface area contributed by atoms with Crippen molar-refractivity contribution in [2.24, 2.45) is 10.5 Å². The molecule has 0 saturated carbocycles. The number of hydrogen-bond donors (Lipinski definition) is 0. The van der Waals surface area contributed by atoms with Crippen molar-refractivity contribution in [1.82, 2.24) is 0 Å². The number of methoxy groups -OCH3 is 1. The Kier molecular flexibility index (Phi) is 8.95. The fraction of sp³-hybridized carbons (Fsp3) is 0.556. The van der Waals surface area contributed by atoms with Crippen LogP contribution in [0.5, 0.6) is 0 Å². The highest BCUT2D eigenvalue weighted by Gasteiger charge is 2.36. The lowest BCUT2D eigenvalue weighted by Crippen LogP contribution is -2.33. The Hall–Kier alpha value is -2.93. The summed E-state index contributed by atoms with van der Waals surface area (Å²) in [4.78, 5) is 38.1. The Morgan fingerprint density at radius 1 is 1.33 bits per heavy atom. The molecule has 0 saturated heterocycles. The van der Waals surface area contributed by atoms with Crippen molar-refractivity contribution in [2.45, 2.75) is 45.4 Å². The monoisotopic (exact) mass is 376 g/mol. The summed E-state index contributed by atoms with van der Waals surface area (Å²) in [5, 5.41) is 14.7. The van der Waals surface area contributed by atoms with Crippen LogP contribution >= 0.6 is 0 Å². The zero-order chi connectivity index (χ0) is 20.3. The minimum absolute atomic E-state index is 0.0779. The molecule has 0 radical (unpaired) electrons. The van der Waals surface area contributed by atoms with Crippen LogP contribution in [0.2, 0.25) is 0 Å². The number of ketones is 1. The predicted octanol–water partition coefficient (Wildman–Crippen LogP) is 4.15. The number of ether oxygens (including phenoxy) is 1. The maximum Gasteiger partial charge on any atom is 0.305 e. The minimum Gasteiger partial charge on any atom is -0.469 e. The summed E-state index contributed by atoms with van der Waals surface area (Å²) < 4.78 is 4.68. The summed E-state index contributed by atoms with van der Waals surface area (Å²) >= 11 is 0. The van der Waals surface area contributed by atoms with Crippen molar-refractivity contribution in [2.75, 3.05) is 13.7 Å². The smallest absolute Gasteiger partial charge is 0.305 e. The molecule has 0 aliphatic heterocycles. The molecule has 0 unspecified atom stereocenters. The molecule has 0 bridgehead atoms. The van der Waals surface area contributed by atoms with Gasteiger partial charge in [-0.3, -0.25) is 19.7 Å². The highest BCUT2D eigenvalue weighted by atomic mass is 16.6. The summed E-state index contributed by atoms with van der Waals surface area (Å²) in [6.07, 6.45) is 1.66. The van der Waals surface area contributed by atoms with Crippen LogP contribution in [0.25, 0.3) is 10.4 Å². The zero-order valence-corrected chi connectivity index (χ0v) is 15.6. The molecule has 1 aromatic carbocycles. The van der Waals surface area contributed by atoms with E-state index in [0.717, 1.165) is 0 Å². The van der Waals surface area contributed by atoms with Gasteiger partial charge >= 0.3 is 5.97 Å². The molecule has 146 valence electrons. The lowest BCUT2D eigenvalue weighted by Gasteiger charge is -2.31. The van der Waals surface area contributed by atoms with E-state index in [4.69, 9.17) is 5.53 Å². The van der Waals surface area contributed by atoms with Gasteiger partial charge in [0.05, 0.1) is 12.0 Å². The van der Waals surface area contributed by atoms with Gasteiger partial charge in [-0.15, -0.1) is 0 Å². The van der Waals surface area contributed by atoms with Crippen molar-refractivity contribution in [1.29, 1.82) is 0 Å². The number of carbonyl (C=O) groups is 2. The van der Waals surface area contributed by atoms with E-state index >= 15 is 0 Å². The highest BCUT2D eigenvalue weighted by Crippen LogP contribution is 2.37. The van der Waals surface area contributed by atoms with E-state index in [2.05, 4.69) is 14.8 Å². The van der Waals surface area contributed by atoms with Crippen molar-refractivity contribution >= 4 is 17.4 Å². The number of rotatable bonds is 12. The van der Waals surface area contributed by atoms with Crippen LogP contribution in [-0.4, -0.2) is 30.3 Å². The molecule has 1 rings (SSSR count). The zero-order valence-electron chi connectivity index (χ0n) is 15.6. The Morgan fingerprint density at radius 2 is 2.04 bits per heavy atom. The van der Waals surface area contributed by atoms with E-state index in [-0.39, 0.29) is 37.3 Å². The third-order valence-electron chi connectivity index (χ3n) is 4.82. The predicted molar refractivity (Wildman–Crippen MR) is 99.0 cm³/mol. The number of hydrogen-bond acceptors (Lipinski definition) is 6. The Bertz CT molecular complexity index is 730. The molecule has 0 amide bonds. The first-order valence-electron chi connectivity index (χ1n) is 8.73. The Balaban J connectivity index is 3.07. The SMILES string of the molecule is CC[C@@](CCCN=[N+]=[N-])(CCC(=O)OC)C(=O)Cc1ccccc1[N+](=O)[O-]. The average Bonchev–Trinajstić information content (AvgIpc) is 2.67. The number of nitro benzene ring substituents is 1. The number of para-hydroxylation sites is 1. The molecule has 1 aromatic rings. The summed E-state index contributed by atoms with van der Waals surface area (Å²) in [6, 6.07) is 6.14. The first-order valence-corrected chi connectivity index (χ1v) is 8.73. The van der Waals surface area contributed by atoms with E-state index in [1.165, 1.54) is 13.2 Å². The van der Waals surface area contributed by atoms with E-state index in [1.54, 1.807) is 18.2 Å². The molecule has 9 heteroatoms. The number of azide groups is 1. The van der Waals surface area contributed by atoms with Crippen LogP contribution < -0.4 is 0 Å². The lowest BCUT2D eigenvalue weighted by atomic mass is 9.71. The third-order valence-corrected chi connectivity index (χ3v) is 4.82. The normalized spacial score (nSPS) is 12.5. The molecule has 1 atom stereocenters. The van der Waals surface area contributed by atoms with Gasteiger partial charge in [-0.2, -0.15) is 0 Å². The van der Waals surface area contributed by atoms with Crippen molar-refractivity contribution in [3.63, 3.8) is 0 Å². The number of esters is 1. The molecule has 9 nitrogen and oxygen atoms in total. The van der Waals surface area contributed by atoms with Crippen LogP contribution in [0.3, 0.4) is 0 Å². The molecular weight excluding hydrogens is 352 g/mol. The second-order valence-corrected chi connectivity index (χ2v) is 6.25. The van der Waals surface area contributed by atoms with Gasteiger partial charge in [-0.1, -0.05) is 30.2 Å².